The molecule has 1 saturated heterocycles. The van der Waals surface area contributed by atoms with Crippen LogP contribution in [-0.4, -0.2) is 57.6 Å². The number of rotatable bonds is 8. The maximum atomic E-state index is 12.0. The number of fused-ring (bicyclic) bond motifs is 3. The number of allylic oxidation sites excluding steroid dienone is 3. The molecule has 1 aromatic carbocycles. The van der Waals surface area contributed by atoms with Crippen LogP contribution in [0.4, 0.5) is 0 Å². The number of hydrogen-bond acceptors (Lipinski definition) is 4. The van der Waals surface area contributed by atoms with E-state index in [1.54, 1.807) is 0 Å². The first kappa shape index (κ1) is 28.5. The van der Waals surface area contributed by atoms with Crippen LogP contribution in [0.3, 0.4) is 0 Å². The van der Waals surface area contributed by atoms with Crippen molar-refractivity contribution >= 4 is 70.7 Å². The smallest absolute Gasteiger partial charge is 1.00 e. The Morgan fingerprint density at radius 2 is 1.97 bits per heavy atom. The molecular weight excluding hydrogens is 642 g/mol. The number of hydrogen-bond donors (Lipinski definition) is 1. The Hall–Kier alpha value is -1.03. The Morgan fingerprint density at radius 1 is 1.23 bits per heavy atom. The molecule has 0 atom stereocenters. The van der Waals surface area contributed by atoms with E-state index in [2.05, 4.69) is 33.1 Å². The summed E-state index contributed by atoms with van der Waals surface area (Å²) in [4.78, 5) is 13.6. The predicted molar refractivity (Wildman–Crippen MR) is 137 cm³/mol. The van der Waals surface area contributed by atoms with E-state index in [1.165, 1.54) is 22.4 Å². The second kappa shape index (κ2) is 12.0. The van der Waals surface area contributed by atoms with Crippen molar-refractivity contribution in [1.82, 2.24) is 14.2 Å². The molecule has 2 aliphatic rings. The Labute approximate surface area is 233 Å². The van der Waals surface area contributed by atoms with Crippen LogP contribution in [0.2, 0.25) is 15.4 Å². The Bertz CT molecular complexity index is 1290. The zero-order valence-electron chi connectivity index (χ0n) is 19.7. The van der Waals surface area contributed by atoms with Crippen molar-refractivity contribution in [2.75, 3.05) is 18.8 Å². The number of unbranched alkanes of at least 4 members (excludes halogenated alkanes) is 1. The van der Waals surface area contributed by atoms with Crippen LogP contribution >= 0.6 is 23.2 Å². The summed E-state index contributed by atoms with van der Waals surface area (Å²) in [5.74, 6) is 0.479. The van der Waals surface area contributed by atoms with Gasteiger partial charge in [-0.2, -0.15) is 0 Å². The fourth-order valence-electron chi connectivity index (χ4n) is 4.57. The molecule has 1 fully saturated rings. The average Bonchev–Trinajstić information content (AvgIpc) is 3.45. The minimum absolute atomic E-state index is 0. The molecular formula is C23H29BrCl2N4O3SSe. The summed E-state index contributed by atoms with van der Waals surface area (Å²) >= 11 is 13.2. The number of benzene rings is 1. The number of sulfonamides is 1. The van der Waals surface area contributed by atoms with Gasteiger partial charge in [-0.1, -0.05) is 0 Å². The molecule has 3 heterocycles. The summed E-state index contributed by atoms with van der Waals surface area (Å²) in [7, 11) is -3.60. The number of amides is 1. The van der Waals surface area contributed by atoms with E-state index in [1.807, 2.05) is 16.9 Å². The van der Waals surface area contributed by atoms with Gasteiger partial charge in [0.2, 0.25) is 5.91 Å². The van der Waals surface area contributed by atoms with E-state index in [0.29, 0.717) is 44.4 Å². The van der Waals surface area contributed by atoms with Crippen molar-refractivity contribution in [2.24, 2.45) is 0 Å². The van der Waals surface area contributed by atoms with Gasteiger partial charge in [-0.3, -0.25) is 4.79 Å². The predicted octanol–water partition coefficient (Wildman–Crippen LogP) is 0.572. The molecule has 2 aliphatic heterocycles. The molecule has 4 rings (SSSR count). The number of carbonyl (C=O) groups is 1. The van der Waals surface area contributed by atoms with Crippen LogP contribution in [-0.2, 0) is 27.9 Å². The number of nitrogens with zero attached hydrogens (tertiary/aromatic N) is 3. The summed E-state index contributed by atoms with van der Waals surface area (Å²) in [6, 6.07) is 3.81. The van der Waals surface area contributed by atoms with Gasteiger partial charge in [0.15, 0.2) is 0 Å². The number of aryl methyl sites for hydroxylation is 2. The summed E-state index contributed by atoms with van der Waals surface area (Å²) < 4.78 is 32.0. The molecule has 35 heavy (non-hydrogen) atoms. The molecule has 0 saturated carbocycles. The first-order valence-electron chi connectivity index (χ1n) is 11.4. The van der Waals surface area contributed by atoms with Gasteiger partial charge in [0, 0.05) is 6.92 Å². The SMILES string of the molecule is CCN1CC[Se]C1=CC=C1CC[n+]2c1n(CCCCS(=O)(=O)NC(C)=O)c1cc(Cl)c(Cl)cc12.[Br-]. The van der Waals surface area contributed by atoms with E-state index in [0.717, 1.165) is 42.9 Å². The molecule has 192 valence electrons. The fraction of sp³-hybridized carbons (Fsp3) is 0.478. The van der Waals surface area contributed by atoms with Gasteiger partial charge >= 0.3 is 200 Å². The second-order valence-corrected chi connectivity index (χ2v) is 13.4. The largest absolute Gasteiger partial charge is 1.00 e. The molecule has 0 spiro atoms. The van der Waals surface area contributed by atoms with E-state index < -0.39 is 15.9 Å². The summed E-state index contributed by atoms with van der Waals surface area (Å²) in [5.41, 5.74) is 3.29. The number of halogens is 3. The van der Waals surface area contributed by atoms with Gasteiger partial charge < -0.3 is 17.0 Å². The minimum atomic E-state index is -3.60. The van der Waals surface area contributed by atoms with Gasteiger partial charge in [-0.25, -0.2) is 0 Å². The van der Waals surface area contributed by atoms with Gasteiger partial charge in [0.1, 0.15) is 0 Å². The van der Waals surface area contributed by atoms with E-state index in [9.17, 15) is 13.2 Å². The normalized spacial score (nSPS) is 17.9. The number of aromatic nitrogens is 2. The third-order valence-electron chi connectivity index (χ3n) is 6.08. The van der Waals surface area contributed by atoms with E-state index >= 15 is 0 Å². The first-order chi connectivity index (χ1) is 16.2. The first-order valence-corrected chi connectivity index (χ1v) is 15.9. The van der Waals surface area contributed by atoms with Crippen molar-refractivity contribution in [3.05, 3.63) is 44.7 Å². The van der Waals surface area contributed by atoms with Gasteiger partial charge in [0.05, 0.1) is 0 Å². The van der Waals surface area contributed by atoms with Crippen LogP contribution in [0.15, 0.2) is 28.9 Å². The Morgan fingerprint density at radius 3 is 2.69 bits per heavy atom. The molecule has 0 aliphatic carbocycles. The standard InChI is InChI=1S/C23H28Cl2N4O3SSe.BrH/c1-3-27-11-13-34-22(27)7-6-17-8-10-29-21-15-19(25)18(24)14-20(21)28(23(17)29)9-4-5-12-33(31,32)26-16(2)30;/h6-7,14-15H,3-5,8-13H2,1-2H3;1H. The molecule has 12 heteroatoms. The third kappa shape index (κ3) is 6.46. The molecule has 1 amide bonds. The molecule has 1 aromatic heterocycles. The van der Waals surface area contributed by atoms with Crippen molar-refractivity contribution in [2.45, 2.75) is 51.5 Å². The molecule has 0 radical (unpaired) electrons. The quantitative estimate of drug-likeness (QED) is 0.253. The van der Waals surface area contributed by atoms with Gasteiger partial charge in [-0.05, 0) is 0 Å². The number of carbonyl (C=O) groups excluding carboxylic acids is 1. The maximum absolute atomic E-state index is 12.0. The van der Waals surface area contributed by atoms with Crippen LogP contribution < -0.4 is 26.3 Å². The zero-order chi connectivity index (χ0) is 24.5. The Kier molecular flexibility index (Phi) is 9.79. The van der Waals surface area contributed by atoms with Gasteiger partial charge in [0.25, 0.3) is 0 Å². The Balaban J connectivity index is 0.00000342. The monoisotopic (exact) mass is 670 g/mol. The fourth-order valence-corrected chi connectivity index (χ4v) is 8.29. The third-order valence-corrected chi connectivity index (χ3v) is 10.5. The molecule has 0 bridgehead atoms. The van der Waals surface area contributed by atoms with Crippen LogP contribution in [0.5, 0.6) is 0 Å². The van der Waals surface area contributed by atoms with Crippen molar-refractivity contribution in [1.29, 1.82) is 0 Å². The van der Waals surface area contributed by atoms with E-state index in [4.69, 9.17) is 23.2 Å². The van der Waals surface area contributed by atoms with Crippen LogP contribution in [0.1, 0.15) is 38.9 Å². The van der Waals surface area contributed by atoms with E-state index in [-0.39, 0.29) is 22.7 Å². The topological polar surface area (TPSA) is 75.3 Å². The second-order valence-electron chi connectivity index (χ2n) is 8.44. The summed E-state index contributed by atoms with van der Waals surface area (Å²) in [6.07, 6.45) is 6.57. The number of imidazole rings is 1. The zero-order valence-corrected chi connectivity index (χ0v) is 25.3. The maximum Gasteiger partial charge on any atom is -1.00 e. The molecule has 2 aromatic rings. The van der Waals surface area contributed by atoms with Crippen molar-refractivity contribution < 1.29 is 34.8 Å². The average molecular weight is 671 g/mol. The van der Waals surface area contributed by atoms with Crippen molar-refractivity contribution in [3.8, 4) is 0 Å². The molecule has 7 nitrogen and oxygen atoms in total. The summed E-state index contributed by atoms with van der Waals surface area (Å²) in [6.45, 7) is 7.09. The minimum Gasteiger partial charge on any atom is -1.00 e. The summed E-state index contributed by atoms with van der Waals surface area (Å²) in [5, 5.41) is 2.28. The van der Waals surface area contributed by atoms with Crippen LogP contribution in [0.25, 0.3) is 16.6 Å². The van der Waals surface area contributed by atoms with Gasteiger partial charge in [-0.15, -0.1) is 0 Å². The number of nitrogens with one attached hydrogen (secondary N) is 1. The van der Waals surface area contributed by atoms with Crippen LogP contribution in [0, 0.1) is 0 Å². The molecule has 0 unspecified atom stereocenters. The van der Waals surface area contributed by atoms with Crippen molar-refractivity contribution in [3.63, 3.8) is 0 Å². The molecule has 1 N–H and O–H groups in total.